The zero-order valence-electron chi connectivity index (χ0n) is 21.2. The molecule has 2 aromatic carbocycles. The average molecular weight is 544 g/mol. The summed E-state index contributed by atoms with van der Waals surface area (Å²) >= 11 is 0. The van der Waals surface area contributed by atoms with Crippen LogP contribution in [0.3, 0.4) is 0 Å². The van der Waals surface area contributed by atoms with E-state index in [1.807, 2.05) is 0 Å². The number of guanidine groups is 1. The normalized spacial score (nSPS) is 14.8. The molecule has 1 aliphatic heterocycles. The van der Waals surface area contributed by atoms with Crippen LogP contribution in [0.25, 0.3) is 11.1 Å². The lowest BCUT2D eigenvalue weighted by Gasteiger charge is -2.26. The minimum absolute atomic E-state index is 0.0426. The van der Waals surface area contributed by atoms with Crippen LogP contribution in [0.15, 0.2) is 81.5 Å². The maximum absolute atomic E-state index is 13.6. The molecule has 0 bridgehead atoms. The number of halogens is 1. The number of primary amides is 1. The van der Waals surface area contributed by atoms with E-state index in [0.717, 1.165) is 0 Å². The number of esters is 1. The van der Waals surface area contributed by atoms with E-state index in [0.29, 0.717) is 16.8 Å². The number of fused-ring (bicyclic) bond motifs is 1. The molecule has 2 aromatic heterocycles. The van der Waals surface area contributed by atoms with Crippen LogP contribution in [0.5, 0.6) is 0 Å². The molecule has 0 saturated heterocycles. The van der Waals surface area contributed by atoms with E-state index in [1.165, 1.54) is 43.6 Å². The molecular formula is C27H22FN7O5. The molecule has 2 amide bonds. The summed E-state index contributed by atoms with van der Waals surface area (Å²) in [5.74, 6) is -1.97. The number of carbonyl (C=O) groups is 3. The highest BCUT2D eigenvalue weighted by atomic mass is 19.1. The largest absolute Gasteiger partial charge is 0.465 e. The molecule has 4 aromatic rings. The summed E-state index contributed by atoms with van der Waals surface area (Å²) in [5, 5.41) is 8.60. The Morgan fingerprint density at radius 1 is 1.10 bits per heavy atom. The second-order valence-corrected chi connectivity index (χ2v) is 8.67. The van der Waals surface area contributed by atoms with Crippen LogP contribution in [0.2, 0.25) is 0 Å². The number of methoxy groups -OCH3 is 1. The first kappa shape index (κ1) is 26.0. The second kappa shape index (κ2) is 10.6. The molecule has 1 unspecified atom stereocenters. The van der Waals surface area contributed by atoms with Crippen molar-refractivity contribution in [2.24, 2.45) is 10.7 Å². The molecule has 3 heterocycles. The molecule has 1 aliphatic rings. The Morgan fingerprint density at radius 2 is 1.93 bits per heavy atom. The van der Waals surface area contributed by atoms with Crippen LogP contribution < -0.4 is 21.7 Å². The Labute approximate surface area is 226 Å². The van der Waals surface area contributed by atoms with E-state index in [-0.39, 0.29) is 40.1 Å². The number of hydrogen-bond donors (Lipinski definition) is 4. The summed E-state index contributed by atoms with van der Waals surface area (Å²) in [5.41, 5.74) is 7.69. The monoisotopic (exact) mass is 543 g/mol. The number of hydrogen-bond acceptors (Lipinski definition) is 10. The van der Waals surface area contributed by atoms with Crippen molar-refractivity contribution in [2.75, 3.05) is 17.7 Å². The Bertz CT molecular complexity index is 1730. The van der Waals surface area contributed by atoms with Crippen LogP contribution in [0, 0.1) is 5.82 Å². The van der Waals surface area contributed by atoms with Crippen LogP contribution in [0.1, 0.15) is 39.2 Å². The number of nitrogens with zero attached hydrogens (tertiary/aromatic N) is 3. The first-order valence-electron chi connectivity index (χ1n) is 11.9. The number of pyridine rings is 1. The Morgan fingerprint density at radius 3 is 2.70 bits per heavy atom. The number of nitrogens with one attached hydrogen (secondary N) is 3. The Kier molecular flexibility index (Phi) is 6.93. The number of amides is 2. The number of anilines is 2. The molecule has 5 rings (SSSR count). The van der Waals surface area contributed by atoms with Gasteiger partial charge in [0.25, 0.3) is 5.91 Å². The molecule has 1 atom stereocenters. The van der Waals surface area contributed by atoms with E-state index in [4.69, 9.17) is 14.9 Å². The summed E-state index contributed by atoms with van der Waals surface area (Å²) < 4.78 is 23.9. The predicted octanol–water partition coefficient (Wildman–Crippen LogP) is 3.27. The molecule has 0 fully saturated rings. The van der Waals surface area contributed by atoms with Crippen molar-refractivity contribution in [1.82, 2.24) is 15.3 Å². The van der Waals surface area contributed by atoms with Gasteiger partial charge < -0.3 is 25.5 Å². The number of rotatable bonds is 6. The van der Waals surface area contributed by atoms with Crippen molar-refractivity contribution in [1.29, 1.82) is 0 Å². The third-order valence-electron chi connectivity index (χ3n) is 5.97. The van der Waals surface area contributed by atoms with Gasteiger partial charge in [0.1, 0.15) is 23.2 Å². The first-order chi connectivity index (χ1) is 19.2. The number of aromatic nitrogens is 2. The van der Waals surface area contributed by atoms with Crippen LogP contribution in [-0.2, 0) is 9.53 Å². The highest BCUT2D eigenvalue weighted by molar-refractivity contribution is 6.07. The minimum Gasteiger partial charge on any atom is -0.465 e. The van der Waals surface area contributed by atoms with Gasteiger partial charge in [-0.05, 0) is 48.9 Å². The number of oxazole rings is 1. The predicted molar refractivity (Wildman–Crippen MR) is 143 cm³/mol. The summed E-state index contributed by atoms with van der Waals surface area (Å²) in [6.45, 7) is 1.66. The van der Waals surface area contributed by atoms with Gasteiger partial charge in [0.2, 0.25) is 11.9 Å². The maximum atomic E-state index is 13.6. The topological polar surface area (TPSA) is 174 Å². The number of ether oxygens (including phenoxy) is 1. The van der Waals surface area contributed by atoms with E-state index in [9.17, 15) is 18.8 Å². The van der Waals surface area contributed by atoms with Crippen molar-refractivity contribution in [2.45, 2.75) is 13.0 Å². The smallest absolute Gasteiger partial charge is 0.338 e. The van der Waals surface area contributed by atoms with E-state index >= 15 is 0 Å². The lowest BCUT2D eigenvalue weighted by Crippen LogP contribution is -2.37. The summed E-state index contributed by atoms with van der Waals surface area (Å²) in [4.78, 5) is 50.3. The molecule has 5 N–H and O–H groups in total. The van der Waals surface area contributed by atoms with Crippen LogP contribution in [-0.4, -0.2) is 40.8 Å². The summed E-state index contributed by atoms with van der Waals surface area (Å²) in [6, 6.07) is 12.3. The molecule has 0 aliphatic carbocycles. The third kappa shape index (κ3) is 5.34. The minimum atomic E-state index is -0.909. The van der Waals surface area contributed by atoms with Crippen molar-refractivity contribution < 1.29 is 27.9 Å². The van der Waals surface area contributed by atoms with Gasteiger partial charge in [0.05, 0.1) is 18.2 Å². The third-order valence-corrected chi connectivity index (χ3v) is 5.97. The standard InChI is InChI=1S/C27H22FN7O5/c1-13-21(24(37)33-20-11-16(8-9-30-20)25(38)39-2)22(14-4-3-5-15(10-14)23(29)36)34-26(31-13)35-27-32-18-7-6-17(28)12-19(18)40-27/h3-12,22H,1-2H3,(H2,29,36)(H,30,33,37)(H2,31,32,34,35). The molecule has 0 radical (unpaired) electrons. The fourth-order valence-corrected chi connectivity index (χ4v) is 4.12. The molecule has 0 saturated carbocycles. The molecule has 202 valence electrons. The fourth-order valence-electron chi connectivity index (χ4n) is 4.12. The number of carbonyl (C=O) groups excluding carboxylic acids is 3. The van der Waals surface area contributed by atoms with Crippen LogP contribution in [0.4, 0.5) is 16.2 Å². The summed E-state index contributed by atoms with van der Waals surface area (Å²) in [7, 11) is 1.25. The lowest BCUT2D eigenvalue weighted by atomic mass is 9.94. The molecule has 0 spiro atoms. The van der Waals surface area contributed by atoms with E-state index < -0.39 is 29.6 Å². The number of allylic oxidation sites excluding steroid dienone is 1. The van der Waals surface area contributed by atoms with Gasteiger partial charge in [0.15, 0.2) is 5.58 Å². The zero-order valence-corrected chi connectivity index (χ0v) is 21.2. The van der Waals surface area contributed by atoms with Crippen molar-refractivity contribution in [3.05, 3.63) is 94.6 Å². The van der Waals surface area contributed by atoms with Gasteiger partial charge in [0, 0.05) is 23.5 Å². The van der Waals surface area contributed by atoms with Gasteiger partial charge in [-0.3, -0.25) is 14.9 Å². The quantitative estimate of drug-likeness (QED) is 0.266. The SMILES string of the molecule is COC(=O)c1ccnc(NC(=O)C2=C(C)NC(Nc3nc4ccc(F)cc4o3)=NC2c2cccc(C(N)=O)c2)c1. The molecule has 13 heteroatoms. The first-order valence-corrected chi connectivity index (χ1v) is 11.9. The molecule has 40 heavy (non-hydrogen) atoms. The molecular weight excluding hydrogens is 521 g/mol. The highest BCUT2D eigenvalue weighted by Crippen LogP contribution is 2.32. The maximum Gasteiger partial charge on any atom is 0.338 e. The summed E-state index contributed by atoms with van der Waals surface area (Å²) in [6.07, 6.45) is 1.36. The molecule has 12 nitrogen and oxygen atoms in total. The Hall–Kier alpha value is -5.59. The van der Waals surface area contributed by atoms with Gasteiger partial charge in [-0.2, -0.15) is 4.98 Å². The number of benzene rings is 2. The highest BCUT2D eigenvalue weighted by Gasteiger charge is 2.30. The fraction of sp³-hybridized carbons (Fsp3) is 0.111. The van der Waals surface area contributed by atoms with Crippen molar-refractivity contribution >= 4 is 46.7 Å². The average Bonchev–Trinajstić information content (AvgIpc) is 3.33. The number of nitrogens with two attached hydrogens (primary N) is 1. The van der Waals surface area contributed by atoms with Crippen molar-refractivity contribution in [3.63, 3.8) is 0 Å². The second-order valence-electron chi connectivity index (χ2n) is 8.67. The van der Waals surface area contributed by atoms with Gasteiger partial charge >= 0.3 is 12.0 Å². The van der Waals surface area contributed by atoms with Crippen molar-refractivity contribution in [3.8, 4) is 0 Å². The van der Waals surface area contributed by atoms with Gasteiger partial charge in [-0.1, -0.05) is 12.1 Å². The van der Waals surface area contributed by atoms with E-state index in [1.54, 1.807) is 31.2 Å². The van der Waals surface area contributed by atoms with Gasteiger partial charge in [-0.25, -0.2) is 19.2 Å². The van der Waals surface area contributed by atoms with Crippen LogP contribution >= 0.6 is 0 Å². The Balaban J connectivity index is 1.49. The van der Waals surface area contributed by atoms with E-state index in [2.05, 4.69) is 30.9 Å². The van der Waals surface area contributed by atoms with Gasteiger partial charge in [-0.15, -0.1) is 0 Å². The number of aliphatic imine (C=N–C) groups is 1. The zero-order chi connectivity index (χ0) is 28.4. The lowest BCUT2D eigenvalue weighted by molar-refractivity contribution is -0.113.